The maximum atomic E-state index is 11.0. The second kappa shape index (κ2) is 2.60. The molecule has 2 rings (SSSR count). The van der Waals surface area contributed by atoms with Crippen molar-refractivity contribution < 1.29 is 14.3 Å². The summed E-state index contributed by atoms with van der Waals surface area (Å²) >= 11 is 1.41. The molecule has 1 aromatic rings. The van der Waals surface area contributed by atoms with E-state index < -0.39 is 18.1 Å². The van der Waals surface area contributed by atoms with Crippen LogP contribution in [0.4, 0.5) is 4.79 Å². The number of alkyl carbamates (subject to hydrolysis) is 1. The highest BCUT2D eigenvalue weighted by molar-refractivity contribution is 7.10. The van der Waals surface area contributed by atoms with Gasteiger partial charge in [-0.1, -0.05) is 6.07 Å². The van der Waals surface area contributed by atoms with Crippen molar-refractivity contribution in [2.45, 2.75) is 6.04 Å². The molecule has 1 N–H and O–H groups in total. The fourth-order valence-electron chi connectivity index (χ4n) is 0.999. The van der Waals surface area contributed by atoms with E-state index in [4.69, 9.17) is 0 Å². The van der Waals surface area contributed by atoms with Crippen molar-refractivity contribution in [2.75, 3.05) is 0 Å². The number of carbonyl (C=O) groups is 2. The molecule has 1 fully saturated rings. The van der Waals surface area contributed by atoms with Gasteiger partial charge in [-0.3, -0.25) is 0 Å². The summed E-state index contributed by atoms with van der Waals surface area (Å²) in [4.78, 5) is 22.4. The first-order valence-corrected chi connectivity index (χ1v) is 4.21. The first-order valence-electron chi connectivity index (χ1n) is 3.33. The molecule has 0 radical (unpaired) electrons. The SMILES string of the molecule is O=C1NC(c2cccs2)C(=O)O1. The fraction of sp³-hybridized carbons (Fsp3) is 0.143. The van der Waals surface area contributed by atoms with Gasteiger partial charge < -0.3 is 10.1 Å². The molecule has 0 aromatic carbocycles. The van der Waals surface area contributed by atoms with Crippen molar-refractivity contribution in [3.05, 3.63) is 22.4 Å². The molecule has 1 amide bonds. The Bertz CT molecular complexity index is 319. The van der Waals surface area contributed by atoms with Gasteiger partial charge in [0.05, 0.1) is 0 Å². The normalized spacial score (nSPS) is 22.2. The van der Waals surface area contributed by atoms with Gasteiger partial charge in [0, 0.05) is 4.88 Å². The van der Waals surface area contributed by atoms with Crippen LogP contribution < -0.4 is 5.32 Å². The van der Waals surface area contributed by atoms with Gasteiger partial charge in [-0.2, -0.15) is 0 Å². The van der Waals surface area contributed by atoms with Crippen molar-refractivity contribution >= 4 is 23.4 Å². The minimum Gasteiger partial charge on any atom is -0.374 e. The lowest BCUT2D eigenvalue weighted by Gasteiger charge is -1.99. The molecule has 0 aliphatic carbocycles. The standard InChI is InChI=1S/C7H5NO3S/c9-6-5(8-7(10)11-6)4-2-1-3-12-4/h1-3,5H,(H,8,10). The number of hydrogen-bond donors (Lipinski definition) is 1. The van der Waals surface area contributed by atoms with Gasteiger partial charge in [-0.05, 0) is 11.4 Å². The van der Waals surface area contributed by atoms with Gasteiger partial charge in [-0.25, -0.2) is 9.59 Å². The van der Waals surface area contributed by atoms with E-state index in [1.807, 2.05) is 11.4 Å². The Kier molecular flexibility index (Phi) is 1.58. The first-order chi connectivity index (χ1) is 5.77. The van der Waals surface area contributed by atoms with Crippen LogP contribution in [0.3, 0.4) is 0 Å². The minimum absolute atomic E-state index is 0.526. The van der Waals surface area contributed by atoms with Gasteiger partial charge in [0.15, 0.2) is 6.04 Å². The lowest BCUT2D eigenvalue weighted by Crippen LogP contribution is -2.18. The Morgan fingerprint density at radius 2 is 2.33 bits per heavy atom. The van der Waals surface area contributed by atoms with E-state index in [0.717, 1.165) is 4.88 Å². The molecule has 1 aromatic heterocycles. The van der Waals surface area contributed by atoms with Crippen molar-refractivity contribution in [3.63, 3.8) is 0 Å². The van der Waals surface area contributed by atoms with Crippen LogP contribution in [-0.4, -0.2) is 12.1 Å². The maximum Gasteiger partial charge on any atom is 0.415 e. The highest BCUT2D eigenvalue weighted by atomic mass is 32.1. The monoisotopic (exact) mass is 183 g/mol. The molecule has 4 nitrogen and oxygen atoms in total. The van der Waals surface area contributed by atoms with Gasteiger partial charge in [0.2, 0.25) is 0 Å². The van der Waals surface area contributed by atoms with Crippen LogP contribution in [0.25, 0.3) is 0 Å². The molecule has 1 aliphatic rings. The summed E-state index contributed by atoms with van der Waals surface area (Å²) in [6.45, 7) is 0. The van der Waals surface area contributed by atoms with Crippen molar-refractivity contribution in [2.24, 2.45) is 0 Å². The zero-order valence-electron chi connectivity index (χ0n) is 5.94. The molecule has 1 atom stereocenters. The molecular weight excluding hydrogens is 178 g/mol. The Balaban J connectivity index is 2.26. The third-order valence-electron chi connectivity index (χ3n) is 1.52. The first kappa shape index (κ1) is 7.30. The van der Waals surface area contributed by atoms with E-state index in [2.05, 4.69) is 10.1 Å². The molecule has 0 bridgehead atoms. The van der Waals surface area contributed by atoms with E-state index in [-0.39, 0.29) is 0 Å². The minimum atomic E-state index is -0.668. The van der Waals surface area contributed by atoms with Crippen LogP contribution in [0.15, 0.2) is 17.5 Å². The summed E-state index contributed by atoms with van der Waals surface area (Å²) in [7, 11) is 0. The van der Waals surface area contributed by atoms with Crippen molar-refractivity contribution in [3.8, 4) is 0 Å². The maximum absolute atomic E-state index is 11.0. The van der Waals surface area contributed by atoms with E-state index >= 15 is 0 Å². The molecule has 2 heterocycles. The van der Waals surface area contributed by atoms with Crippen LogP contribution in [0.1, 0.15) is 10.9 Å². The number of esters is 1. The average Bonchev–Trinajstić information content (AvgIpc) is 2.58. The predicted octanol–water partition coefficient (Wildman–Crippen LogP) is 1.06. The van der Waals surface area contributed by atoms with Gasteiger partial charge >= 0.3 is 12.1 Å². The topological polar surface area (TPSA) is 55.4 Å². The lowest BCUT2D eigenvalue weighted by molar-refractivity contribution is -0.135. The number of nitrogens with one attached hydrogen (secondary N) is 1. The Morgan fingerprint density at radius 3 is 2.83 bits per heavy atom. The summed E-state index contributed by atoms with van der Waals surface area (Å²) in [6.07, 6.45) is -0.668. The van der Waals surface area contributed by atoms with Gasteiger partial charge in [0.25, 0.3) is 0 Å². The predicted molar refractivity (Wildman–Crippen MR) is 41.7 cm³/mol. The third-order valence-corrected chi connectivity index (χ3v) is 2.46. The smallest absolute Gasteiger partial charge is 0.374 e. The number of cyclic esters (lactones) is 2. The van der Waals surface area contributed by atoms with Crippen molar-refractivity contribution in [1.29, 1.82) is 0 Å². The Morgan fingerprint density at radius 1 is 1.50 bits per heavy atom. The molecule has 1 unspecified atom stereocenters. The summed E-state index contributed by atoms with van der Waals surface area (Å²) in [5.41, 5.74) is 0. The highest BCUT2D eigenvalue weighted by Gasteiger charge is 2.34. The van der Waals surface area contributed by atoms with Crippen LogP contribution >= 0.6 is 11.3 Å². The Labute approximate surface area is 72.1 Å². The van der Waals surface area contributed by atoms with Gasteiger partial charge in [-0.15, -0.1) is 11.3 Å². The van der Waals surface area contributed by atoms with Gasteiger partial charge in [0.1, 0.15) is 0 Å². The second-order valence-electron chi connectivity index (χ2n) is 2.30. The second-order valence-corrected chi connectivity index (χ2v) is 3.28. The van der Waals surface area contributed by atoms with E-state index in [1.165, 1.54) is 11.3 Å². The van der Waals surface area contributed by atoms with Crippen LogP contribution in [-0.2, 0) is 9.53 Å². The number of hydrogen-bond acceptors (Lipinski definition) is 4. The van der Waals surface area contributed by atoms with Crippen molar-refractivity contribution in [1.82, 2.24) is 5.32 Å². The molecule has 12 heavy (non-hydrogen) atoms. The molecule has 62 valence electrons. The quantitative estimate of drug-likeness (QED) is 0.523. The third kappa shape index (κ3) is 1.08. The molecule has 0 saturated carbocycles. The number of ether oxygens (including phenoxy) is 1. The van der Waals surface area contributed by atoms with Crippen LogP contribution in [0, 0.1) is 0 Å². The Hall–Kier alpha value is -1.36. The zero-order chi connectivity index (χ0) is 8.55. The number of rotatable bonds is 1. The molecule has 1 saturated heterocycles. The lowest BCUT2D eigenvalue weighted by atomic mass is 10.2. The molecule has 0 spiro atoms. The summed E-state index contributed by atoms with van der Waals surface area (Å²) in [6, 6.07) is 3.00. The number of amides is 1. The van der Waals surface area contributed by atoms with E-state index in [1.54, 1.807) is 6.07 Å². The van der Waals surface area contributed by atoms with Crippen LogP contribution in [0.2, 0.25) is 0 Å². The summed E-state index contributed by atoms with van der Waals surface area (Å²) in [5, 5.41) is 4.25. The van der Waals surface area contributed by atoms with E-state index in [9.17, 15) is 9.59 Å². The fourth-order valence-corrected chi connectivity index (χ4v) is 1.76. The summed E-state index contributed by atoms with van der Waals surface area (Å²) in [5.74, 6) is -0.526. The van der Waals surface area contributed by atoms with E-state index in [0.29, 0.717) is 0 Å². The summed E-state index contributed by atoms with van der Waals surface area (Å²) < 4.78 is 4.32. The molecule has 5 heteroatoms. The number of thiophene rings is 1. The molecule has 1 aliphatic heterocycles. The van der Waals surface area contributed by atoms with Crippen LogP contribution in [0.5, 0.6) is 0 Å². The number of carbonyl (C=O) groups excluding carboxylic acids is 2. The zero-order valence-corrected chi connectivity index (χ0v) is 6.76. The molecular formula is C7H5NO3S. The average molecular weight is 183 g/mol. The largest absolute Gasteiger partial charge is 0.415 e. The highest BCUT2D eigenvalue weighted by Crippen LogP contribution is 2.23.